The third-order valence-electron chi connectivity index (χ3n) is 1.42. The summed E-state index contributed by atoms with van der Waals surface area (Å²) in [5.41, 5.74) is 0. The molecule has 84 valence electrons. The summed E-state index contributed by atoms with van der Waals surface area (Å²) in [5, 5.41) is 4.71. The van der Waals surface area contributed by atoms with Crippen LogP contribution in [0.2, 0.25) is 5.02 Å². The number of anilines is 2. The van der Waals surface area contributed by atoms with E-state index in [1.807, 2.05) is 0 Å². The second-order valence-corrected chi connectivity index (χ2v) is 3.02. The van der Waals surface area contributed by atoms with Crippen LogP contribution in [0.15, 0.2) is 6.20 Å². The van der Waals surface area contributed by atoms with E-state index in [2.05, 4.69) is 20.6 Å². The largest absolute Gasteiger partial charge is 0.405 e. The molecule has 0 aliphatic carbocycles. The Bertz CT molecular complexity index is 341. The fourth-order valence-electron chi connectivity index (χ4n) is 0.795. The van der Waals surface area contributed by atoms with Crippen LogP contribution in [0.1, 0.15) is 0 Å². The zero-order chi connectivity index (χ0) is 11.5. The Balaban J connectivity index is 2.75. The van der Waals surface area contributed by atoms with Crippen LogP contribution in [0.3, 0.4) is 0 Å². The van der Waals surface area contributed by atoms with Crippen molar-refractivity contribution in [3.05, 3.63) is 11.2 Å². The molecule has 0 fully saturated rings. The molecule has 2 N–H and O–H groups in total. The van der Waals surface area contributed by atoms with Gasteiger partial charge in [0.25, 0.3) is 0 Å². The summed E-state index contributed by atoms with van der Waals surface area (Å²) >= 11 is 5.60. The molecular weight excluding hydrogens is 233 g/mol. The molecule has 0 saturated carbocycles. The Morgan fingerprint density at radius 1 is 1.47 bits per heavy atom. The number of aromatic nitrogens is 2. The smallest absolute Gasteiger partial charge is 0.360 e. The standard InChI is InChI=1S/C7H8ClF3N4/c1-12-6-13-2-4(8)5(15-6)14-3-7(9,10)11/h2H,3H2,1H3,(H2,12,13,14,15). The van der Waals surface area contributed by atoms with Crippen LogP contribution in [-0.2, 0) is 0 Å². The third kappa shape index (κ3) is 3.78. The van der Waals surface area contributed by atoms with Crippen molar-refractivity contribution in [2.45, 2.75) is 6.18 Å². The predicted molar refractivity (Wildman–Crippen MR) is 51.1 cm³/mol. The molecule has 1 heterocycles. The Labute approximate surface area is 88.9 Å². The van der Waals surface area contributed by atoms with E-state index in [0.29, 0.717) is 0 Å². The monoisotopic (exact) mass is 240 g/mol. The van der Waals surface area contributed by atoms with Crippen molar-refractivity contribution in [2.75, 3.05) is 24.2 Å². The van der Waals surface area contributed by atoms with Gasteiger partial charge in [-0.25, -0.2) is 4.98 Å². The van der Waals surface area contributed by atoms with Crippen LogP contribution in [0.4, 0.5) is 24.9 Å². The van der Waals surface area contributed by atoms with Gasteiger partial charge in [-0.15, -0.1) is 0 Å². The van der Waals surface area contributed by atoms with Crippen molar-refractivity contribution in [3.8, 4) is 0 Å². The number of rotatable bonds is 3. The Morgan fingerprint density at radius 3 is 2.67 bits per heavy atom. The molecule has 8 heteroatoms. The molecule has 0 aromatic carbocycles. The van der Waals surface area contributed by atoms with Crippen LogP contribution < -0.4 is 10.6 Å². The summed E-state index contributed by atoms with van der Waals surface area (Å²) in [6.45, 7) is -1.19. The normalized spacial score (nSPS) is 11.3. The molecule has 0 unspecified atom stereocenters. The van der Waals surface area contributed by atoms with E-state index in [9.17, 15) is 13.2 Å². The molecule has 0 bridgehead atoms. The molecule has 0 spiro atoms. The van der Waals surface area contributed by atoms with Gasteiger partial charge in [-0.05, 0) is 0 Å². The fourth-order valence-corrected chi connectivity index (χ4v) is 0.953. The van der Waals surface area contributed by atoms with Crippen LogP contribution in [0, 0.1) is 0 Å². The number of hydrogen-bond donors (Lipinski definition) is 2. The summed E-state index contributed by atoms with van der Waals surface area (Å²) in [6, 6.07) is 0. The Morgan fingerprint density at radius 2 is 2.13 bits per heavy atom. The van der Waals surface area contributed by atoms with Crippen LogP contribution in [0.5, 0.6) is 0 Å². The van der Waals surface area contributed by atoms with E-state index in [-0.39, 0.29) is 16.8 Å². The van der Waals surface area contributed by atoms with Crippen molar-refractivity contribution in [3.63, 3.8) is 0 Å². The topological polar surface area (TPSA) is 49.8 Å². The van der Waals surface area contributed by atoms with E-state index < -0.39 is 12.7 Å². The van der Waals surface area contributed by atoms with E-state index >= 15 is 0 Å². The van der Waals surface area contributed by atoms with Crippen LogP contribution in [-0.4, -0.2) is 29.7 Å². The minimum atomic E-state index is -4.31. The summed E-state index contributed by atoms with van der Waals surface area (Å²) < 4.78 is 35.7. The first-order valence-electron chi connectivity index (χ1n) is 3.93. The first kappa shape index (κ1) is 11.8. The van der Waals surface area contributed by atoms with E-state index in [1.54, 1.807) is 7.05 Å². The quantitative estimate of drug-likeness (QED) is 0.850. The highest BCUT2D eigenvalue weighted by Gasteiger charge is 2.27. The zero-order valence-electron chi connectivity index (χ0n) is 7.69. The molecule has 1 rings (SSSR count). The molecule has 0 atom stereocenters. The minimum absolute atomic E-state index is 0.0400. The minimum Gasteiger partial charge on any atom is -0.360 e. The van der Waals surface area contributed by atoms with Crippen LogP contribution in [0.25, 0.3) is 0 Å². The molecule has 4 nitrogen and oxygen atoms in total. The van der Waals surface area contributed by atoms with Crippen LogP contribution >= 0.6 is 11.6 Å². The first-order chi connectivity index (χ1) is 6.92. The number of halogens is 4. The number of alkyl halides is 3. The van der Waals surface area contributed by atoms with Gasteiger partial charge in [0.1, 0.15) is 11.6 Å². The average molecular weight is 241 g/mol. The van der Waals surface area contributed by atoms with Gasteiger partial charge in [-0.1, -0.05) is 11.6 Å². The van der Waals surface area contributed by atoms with E-state index in [4.69, 9.17) is 11.6 Å². The molecular formula is C7H8ClF3N4. The van der Waals surface area contributed by atoms with Gasteiger partial charge in [0.05, 0.1) is 6.20 Å². The van der Waals surface area contributed by atoms with Crippen molar-refractivity contribution >= 4 is 23.4 Å². The van der Waals surface area contributed by atoms with Gasteiger partial charge in [0.2, 0.25) is 5.95 Å². The zero-order valence-corrected chi connectivity index (χ0v) is 8.45. The highest BCUT2D eigenvalue weighted by molar-refractivity contribution is 6.32. The van der Waals surface area contributed by atoms with Crippen molar-refractivity contribution in [1.29, 1.82) is 0 Å². The molecule has 0 aliphatic rings. The lowest BCUT2D eigenvalue weighted by Crippen LogP contribution is -2.22. The second kappa shape index (κ2) is 4.52. The number of nitrogens with zero attached hydrogens (tertiary/aromatic N) is 2. The maximum absolute atomic E-state index is 11.9. The number of nitrogens with one attached hydrogen (secondary N) is 2. The molecule has 0 radical (unpaired) electrons. The Kier molecular flexibility index (Phi) is 3.57. The third-order valence-corrected chi connectivity index (χ3v) is 1.70. The maximum Gasteiger partial charge on any atom is 0.405 e. The van der Waals surface area contributed by atoms with E-state index in [0.717, 1.165) is 0 Å². The highest BCUT2D eigenvalue weighted by atomic mass is 35.5. The lowest BCUT2D eigenvalue weighted by molar-refractivity contribution is -0.115. The summed E-state index contributed by atoms with van der Waals surface area (Å²) in [4.78, 5) is 7.45. The lowest BCUT2D eigenvalue weighted by atomic mass is 10.5. The fraction of sp³-hybridized carbons (Fsp3) is 0.429. The second-order valence-electron chi connectivity index (χ2n) is 2.61. The molecule has 1 aromatic rings. The maximum atomic E-state index is 11.9. The Hall–Kier alpha value is -1.24. The van der Waals surface area contributed by atoms with Gasteiger partial charge in [-0.3, -0.25) is 0 Å². The highest BCUT2D eigenvalue weighted by Crippen LogP contribution is 2.21. The first-order valence-corrected chi connectivity index (χ1v) is 4.31. The predicted octanol–water partition coefficient (Wildman–Crippen LogP) is 2.15. The van der Waals surface area contributed by atoms with Gasteiger partial charge in [-0.2, -0.15) is 18.2 Å². The van der Waals surface area contributed by atoms with Gasteiger partial charge >= 0.3 is 6.18 Å². The number of hydrogen-bond acceptors (Lipinski definition) is 4. The summed E-state index contributed by atoms with van der Waals surface area (Å²) in [7, 11) is 1.55. The average Bonchev–Trinajstić information content (AvgIpc) is 2.15. The molecule has 0 aliphatic heterocycles. The van der Waals surface area contributed by atoms with Gasteiger partial charge in [0, 0.05) is 7.05 Å². The molecule has 0 saturated heterocycles. The summed E-state index contributed by atoms with van der Waals surface area (Å²) in [6.07, 6.45) is -3.09. The van der Waals surface area contributed by atoms with Gasteiger partial charge < -0.3 is 10.6 Å². The van der Waals surface area contributed by atoms with Crippen molar-refractivity contribution in [1.82, 2.24) is 9.97 Å². The molecule has 1 aromatic heterocycles. The van der Waals surface area contributed by atoms with E-state index in [1.165, 1.54) is 6.20 Å². The molecule has 15 heavy (non-hydrogen) atoms. The SMILES string of the molecule is CNc1ncc(Cl)c(NCC(F)(F)F)n1. The van der Waals surface area contributed by atoms with Crippen molar-refractivity contribution < 1.29 is 13.2 Å². The lowest BCUT2D eigenvalue weighted by Gasteiger charge is -2.10. The molecule has 0 amide bonds. The van der Waals surface area contributed by atoms with Gasteiger partial charge in [0.15, 0.2) is 5.82 Å². The van der Waals surface area contributed by atoms with Crippen molar-refractivity contribution in [2.24, 2.45) is 0 Å². The summed E-state index contributed by atoms with van der Waals surface area (Å²) in [5.74, 6) is 0.150.